The minimum Gasteiger partial charge on any atom is -0.467 e. The lowest BCUT2D eigenvalue weighted by Crippen LogP contribution is -2.45. The molecule has 0 aliphatic rings. The lowest BCUT2D eigenvalue weighted by molar-refractivity contribution is -0.142. The third-order valence-corrected chi connectivity index (χ3v) is 4.05. The maximum absolute atomic E-state index is 12.9. The van der Waals surface area contributed by atoms with Gasteiger partial charge in [0.15, 0.2) is 0 Å². The van der Waals surface area contributed by atoms with Crippen molar-refractivity contribution < 1.29 is 14.0 Å². The molecule has 0 atom stereocenters. The van der Waals surface area contributed by atoms with E-state index in [0.717, 1.165) is 11.3 Å². The fourth-order valence-corrected chi connectivity index (χ4v) is 2.63. The molecule has 134 valence electrons. The Bertz CT molecular complexity index is 666. The van der Waals surface area contributed by atoms with Gasteiger partial charge in [0.2, 0.25) is 11.8 Å². The van der Waals surface area contributed by atoms with Crippen LogP contribution in [0.25, 0.3) is 0 Å². The summed E-state index contributed by atoms with van der Waals surface area (Å²) in [6, 6.07) is 13.5. The van der Waals surface area contributed by atoms with Gasteiger partial charge in [-0.15, -0.1) is 0 Å². The number of furan rings is 1. The van der Waals surface area contributed by atoms with Crippen LogP contribution in [0.5, 0.6) is 0 Å². The maximum atomic E-state index is 12.9. The monoisotopic (exact) mass is 342 g/mol. The van der Waals surface area contributed by atoms with Crippen molar-refractivity contribution >= 4 is 11.8 Å². The highest BCUT2D eigenvalue weighted by Gasteiger charge is 2.23. The molecule has 5 nitrogen and oxygen atoms in total. The number of rotatable bonds is 8. The predicted octanol–water partition coefficient (Wildman–Crippen LogP) is 3.46. The fraction of sp³-hybridized carbons (Fsp3) is 0.400. The maximum Gasteiger partial charge on any atom is 0.242 e. The molecule has 1 aromatic carbocycles. The number of nitrogens with zero attached hydrogens (tertiary/aromatic N) is 2. The molecule has 2 amide bonds. The van der Waals surface area contributed by atoms with Crippen LogP contribution in [0.15, 0.2) is 53.1 Å². The number of carbonyl (C=O) groups excluding carboxylic acids is 2. The third kappa shape index (κ3) is 5.48. The molecule has 5 heteroatoms. The van der Waals surface area contributed by atoms with Crippen LogP contribution in [-0.4, -0.2) is 34.2 Å². The fourth-order valence-electron chi connectivity index (χ4n) is 2.63. The van der Waals surface area contributed by atoms with E-state index in [1.165, 1.54) is 0 Å². The molecule has 0 saturated heterocycles. The summed E-state index contributed by atoms with van der Waals surface area (Å²) in [6.07, 6.45) is 1.99. The first-order chi connectivity index (χ1) is 12.0. The third-order valence-electron chi connectivity index (χ3n) is 4.05. The quantitative estimate of drug-likeness (QED) is 0.738. The topological polar surface area (TPSA) is 53.8 Å². The van der Waals surface area contributed by atoms with Crippen molar-refractivity contribution in [3.05, 3.63) is 60.1 Å². The lowest BCUT2D eigenvalue weighted by Gasteiger charge is -2.29. The van der Waals surface area contributed by atoms with Crippen LogP contribution in [0.1, 0.15) is 38.5 Å². The predicted molar refractivity (Wildman–Crippen MR) is 96.5 cm³/mol. The van der Waals surface area contributed by atoms with E-state index in [1.807, 2.05) is 63.2 Å². The van der Waals surface area contributed by atoms with Crippen molar-refractivity contribution in [1.82, 2.24) is 9.80 Å². The summed E-state index contributed by atoms with van der Waals surface area (Å²) in [5.74, 6) is 0.624. The van der Waals surface area contributed by atoms with Crippen LogP contribution in [0.4, 0.5) is 0 Å². The van der Waals surface area contributed by atoms with Crippen molar-refractivity contribution in [3.63, 3.8) is 0 Å². The molecule has 0 fully saturated rings. The first kappa shape index (κ1) is 18.8. The molecule has 25 heavy (non-hydrogen) atoms. The van der Waals surface area contributed by atoms with Crippen molar-refractivity contribution in [3.8, 4) is 0 Å². The lowest BCUT2D eigenvalue weighted by atomic mass is 10.2. The number of hydrogen-bond donors (Lipinski definition) is 0. The molecule has 2 aromatic rings. The summed E-state index contributed by atoms with van der Waals surface area (Å²) >= 11 is 0. The Morgan fingerprint density at radius 2 is 1.72 bits per heavy atom. The van der Waals surface area contributed by atoms with Gasteiger partial charge in [-0.1, -0.05) is 37.3 Å². The molecule has 0 N–H and O–H groups in total. The average molecular weight is 342 g/mol. The normalized spacial score (nSPS) is 10.7. The van der Waals surface area contributed by atoms with Crippen LogP contribution in [0.2, 0.25) is 0 Å². The molecular formula is C20H26N2O3. The van der Waals surface area contributed by atoms with E-state index in [0.29, 0.717) is 19.5 Å². The van der Waals surface area contributed by atoms with E-state index in [1.54, 1.807) is 16.1 Å². The number of carbonyl (C=O) groups is 2. The smallest absolute Gasteiger partial charge is 0.242 e. The molecule has 0 aliphatic heterocycles. The standard InChI is InChI=1S/C20H26N2O3/c1-4-19(23)22(16(2)3)15-20(24)21(14-18-11-8-12-25-18)13-17-9-6-5-7-10-17/h5-12,16H,4,13-15H2,1-3H3. The van der Waals surface area contributed by atoms with Gasteiger partial charge in [0, 0.05) is 19.0 Å². The van der Waals surface area contributed by atoms with Crippen molar-refractivity contribution in [1.29, 1.82) is 0 Å². The second-order valence-electron chi connectivity index (χ2n) is 6.28. The second-order valence-corrected chi connectivity index (χ2v) is 6.28. The molecule has 0 bridgehead atoms. The van der Waals surface area contributed by atoms with Gasteiger partial charge < -0.3 is 14.2 Å². The zero-order chi connectivity index (χ0) is 18.2. The number of hydrogen-bond acceptors (Lipinski definition) is 3. The van der Waals surface area contributed by atoms with Crippen molar-refractivity contribution in [2.24, 2.45) is 0 Å². The molecule has 1 aromatic heterocycles. The molecule has 0 radical (unpaired) electrons. The van der Waals surface area contributed by atoms with Gasteiger partial charge in [-0.05, 0) is 31.5 Å². The SMILES string of the molecule is CCC(=O)N(CC(=O)N(Cc1ccccc1)Cc1ccco1)C(C)C. The van der Waals surface area contributed by atoms with E-state index in [-0.39, 0.29) is 24.4 Å². The van der Waals surface area contributed by atoms with Gasteiger partial charge in [-0.3, -0.25) is 9.59 Å². The Morgan fingerprint density at radius 1 is 1.00 bits per heavy atom. The Kier molecular flexibility index (Phi) is 6.81. The van der Waals surface area contributed by atoms with Gasteiger partial charge >= 0.3 is 0 Å². The molecule has 1 heterocycles. The summed E-state index contributed by atoms with van der Waals surface area (Å²) in [5, 5.41) is 0. The van der Waals surface area contributed by atoms with Crippen LogP contribution in [0.3, 0.4) is 0 Å². The summed E-state index contributed by atoms with van der Waals surface area (Å²) in [5.41, 5.74) is 1.04. The van der Waals surface area contributed by atoms with E-state index < -0.39 is 0 Å². The van der Waals surface area contributed by atoms with Gasteiger partial charge in [0.1, 0.15) is 5.76 Å². The van der Waals surface area contributed by atoms with Gasteiger partial charge in [0.05, 0.1) is 19.4 Å². The Balaban J connectivity index is 2.15. The molecule has 0 unspecified atom stereocenters. The minimum absolute atomic E-state index is 0.0130. The van der Waals surface area contributed by atoms with Crippen LogP contribution >= 0.6 is 0 Å². The van der Waals surface area contributed by atoms with Crippen molar-refractivity contribution in [2.75, 3.05) is 6.54 Å². The summed E-state index contributed by atoms with van der Waals surface area (Å²) in [4.78, 5) is 28.4. The van der Waals surface area contributed by atoms with E-state index >= 15 is 0 Å². The summed E-state index contributed by atoms with van der Waals surface area (Å²) in [6.45, 7) is 6.61. The highest BCUT2D eigenvalue weighted by Crippen LogP contribution is 2.12. The molecule has 2 rings (SSSR count). The minimum atomic E-state index is -0.0873. The summed E-state index contributed by atoms with van der Waals surface area (Å²) in [7, 11) is 0. The average Bonchev–Trinajstić information content (AvgIpc) is 3.12. The van der Waals surface area contributed by atoms with E-state index in [9.17, 15) is 9.59 Å². The first-order valence-electron chi connectivity index (χ1n) is 8.64. The molecule has 0 spiro atoms. The van der Waals surface area contributed by atoms with Crippen LogP contribution in [0, 0.1) is 0 Å². The molecule has 0 saturated carbocycles. The molecular weight excluding hydrogens is 316 g/mol. The largest absolute Gasteiger partial charge is 0.467 e. The molecule has 0 aliphatic carbocycles. The number of benzene rings is 1. The first-order valence-corrected chi connectivity index (χ1v) is 8.64. The zero-order valence-corrected chi connectivity index (χ0v) is 15.1. The van der Waals surface area contributed by atoms with E-state index in [4.69, 9.17) is 4.42 Å². The highest BCUT2D eigenvalue weighted by atomic mass is 16.3. The van der Waals surface area contributed by atoms with Crippen LogP contribution in [-0.2, 0) is 22.7 Å². The Hall–Kier alpha value is -2.56. The highest BCUT2D eigenvalue weighted by molar-refractivity contribution is 5.85. The number of amides is 2. The Morgan fingerprint density at radius 3 is 2.28 bits per heavy atom. The summed E-state index contributed by atoms with van der Waals surface area (Å²) < 4.78 is 5.40. The van der Waals surface area contributed by atoms with Gasteiger partial charge in [-0.25, -0.2) is 0 Å². The van der Waals surface area contributed by atoms with Crippen molar-refractivity contribution in [2.45, 2.75) is 46.3 Å². The van der Waals surface area contributed by atoms with Crippen LogP contribution < -0.4 is 0 Å². The van der Waals surface area contributed by atoms with Gasteiger partial charge in [-0.2, -0.15) is 0 Å². The zero-order valence-electron chi connectivity index (χ0n) is 15.1. The van der Waals surface area contributed by atoms with E-state index in [2.05, 4.69) is 0 Å². The van der Waals surface area contributed by atoms with Gasteiger partial charge in [0.25, 0.3) is 0 Å². The Labute approximate surface area is 149 Å². The second kappa shape index (κ2) is 9.06.